The maximum atomic E-state index is 12.3. The van der Waals surface area contributed by atoms with E-state index in [1.807, 2.05) is 7.05 Å². The number of halogens is 2. The van der Waals surface area contributed by atoms with Crippen molar-refractivity contribution in [1.82, 2.24) is 4.90 Å². The molecule has 0 saturated heterocycles. The number of carbonyl (C=O) groups excluding carboxylic acids is 1. The molecule has 0 spiro atoms. The van der Waals surface area contributed by atoms with Gasteiger partial charge in [-0.25, -0.2) is 0 Å². The first-order chi connectivity index (χ1) is 11.0. The number of hydrogen-bond acceptors (Lipinski definition) is 2. The molecule has 1 atom stereocenters. The standard InChI is InChI=1S/C18H18Cl2N2O/c1-22(17-9-6-12-4-2-3-5-14(12)17)11-18(23)21-16-8-7-13(19)10-15(16)20/h2-5,7-8,10,17H,6,9,11H2,1H3,(H,21,23)/t17-/m0/s1. The summed E-state index contributed by atoms with van der Waals surface area (Å²) in [5.74, 6) is -0.0823. The number of fused-ring (bicyclic) bond motifs is 1. The number of hydrogen-bond donors (Lipinski definition) is 1. The second-order valence-corrected chi connectivity index (χ2v) is 6.68. The van der Waals surface area contributed by atoms with Gasteiger partial charge in [-0.2, -0.15) is 0 Å². The fourth-order valence-electron chi connectivity index (χ4n) is 3.11. The van der Waals surface area contributed by atoms with E-state index in [1.165, 1.54) is 11.1 Å². The Labute approximate surface area is 146 Å². The van der Waals surface area contributed by atoms with E-state index in [2.05, 4.69) is 34.5 Å². The largest absolute Gasteiger partial charge is 0.324 e. The number of benzene rings is 2. The van der Waals surface area contributed by atoms with Gasteiger partial charge in [0.25, 0.3) is 0 Å². The van der Waals surface area contributed by atoms with E-state index in [0.717, 1.165) is 12.8 Å². The lowest BCUT2D eigenvalue weighted by molar-refractivity contribution is -0.117. The molecule has 1 amide bonds. The van der Waals surface area contributed by atoms with Crippen molar-refractivity contribution in [2.45, 2.75) is 18.9 Å². The highest BCUT2D eigenvalue weighted by atomic mass is 35.5. The summed E-state index contributed by atoms with van der Waals surface area (Å²) in [7, 11) is 1.98. The summed E-state index contributed by atoms with van der Waals surface area (Å²) in [6, 6.07) is 13.8. The van der Waals surface area contributed by atoms with E-state index in [4.69, 9.17) is 23.2 Å². The van der Waals surface area contributed by atoms with E-state index >= 15 is 0 Å². The first-order valence-electron chi connectivity index (χ1n) is 7.57. The molecule has 3 rings (SSSR count). The topological polar surface area (TPSA) is 32.3 Å². The third kappa shape index (κ3) is 3.69. The van der Waals surface area contributed by atoms with Gasteiger partial charge in [-0.1, -0.05) is 47.5 Å². The molecule has 0 aliphatic heterocycles. The van der Waals surface area contributed by atoms with Crippen LogP contribution in [0.25, 0.3) is 0 Å². The third-order valence-corrected chi connectivity index (χ3v) is 4.78. The van der Waals surface area contributed by atoms with Crippen molar-refractivity contribution in [3.05, 3.63) is 63.6 Å². The number of likely N-dealkylation sites (N-methyl/N-ethyl adjacent to an activating group) is 1. The van der Waals surface area contributed by atoms with Crippen molar-refractivity contribution in [3.63, 3.8) is 0 Å². The van der Waals surface area contributed by atoms with Gasteiger partial charge in [0.05, 0.1) is 17.3 Å². The van der Waals surface area contributed by atoms with Crippen LogP contribution in [0, 0.1) is 0 Å². The zero-order chi connectivity index (χ0) is 16.4. The highest BCUT2D eigenvalue weighted by molar-refractivity contribution is 6.36. The second-order valence-electron chi connectivity index (χ2n) is 5.84. The summed E-state index contributed by atoms with van der Waals surface area (Å²) in [5.41, 5.74) is 3.29. The Balaban J connectivity index is 1.64. The molecular weight excluding hydrogens is 331 g/mol. The SMILES string of the molecule is CN(CC(=O)Nc1ccc(Cl)cc1Cl)[C@H]1CCc2ccccc21. The molecule has 3 nitrogen and oxygen atoms in total. The number of nitrogens with one attached hydrogen (secondary N) is 1. The van der Waals surface area contributed by atoms with Crippen LogP contribution < -0.4 is 5.32 Å². The third-order valence-electron chi connectivity index (χ3n) is 4.23. The molecule has 0 heterocycles. The molecule has 0 aromatic heterocycles. The van der Waals surface area contributed by atoms with Gasteiger partial charge in [-0.3, -0.25) is 9.69 Å². The number of rotatable bonds is 4. The Kier molecular flexibility index (Phi) is 4.90. The van der Waals surface area contributed by atoms with Crippen molar-refractivity contribution >= 4 is 34.8 Å². The molecule has 0 bridgehead atoms. The van der Waals surface area contributed by atoms with Crippen LogP contribution in [-0.2, 0) is 11.2 Å². The van der Waals surface area contributed by atoms with Gasteiger partial charge in [0.2, 0.25) is 5.91 Å². The van der Waals surface area contributed by atoms with Crippen LogP contribution >= 0.6 is 23.2 Å². The molecule has 5 heteroatoms. The van der Waals surface area contributed by atoms with Gasteiger partial charge in [0, 0.05) is 11.1 Å². The van der Waals surface area contributed by atoms with Gasteiger partial charge in [-0.15, -0.1) is 0 Å². The summed E-state index contributed by atoms with van der Waals surface area (Å²) >= 11 is 12.0. The van der Waals surface area contributed by atoms with Crippen molar-refractivity contribution in [2.75, 3.05) is 18.9 Å². The minimum atomic E-state index is -0.0823. The lowest BCUT2D eigenvalue weighted by Gasteiger charge is -2.24. The predicted octanol–water partition coefficient (Wildman–Crippen LogP) is 4.55. The normalized spacial score (nSPS) is 16.4. The smallest absolute Gasteiger partial charge is 0.238 e. The minimum absolute atomic E-state index is 0.0823. The van der Waals surface area contributed by atoms with Gasteiger partial charge in [-0.05, 0) is 49.2 Å². The Morgan fingerprint density at radius 1 is 1.26 bits per heavy atom. The number of nitrogens with zero attached hydrogens (tertiary/aromatic N) is 1. The molecule has 2 aromatic rings. The fraction of sp³-hybridized carbons (Fsp3) is 0.278. The second kappa shape index (κ2) is 6.91. The Hall–Kier alpha value is -1.55. The van der Waals surface area contributed by atoms with Crippen LogP contribution in [0.3, 0.4) is 0 Å². The van der Waals surface area contributed by atoms with E-state index < -0.39 is 0 Å². The van der Waals surface area contributed by atoms with Crippen LogP contribution in [0.5, 0.6) is 0 Å². The van der Waals surface area contributed by atoms with E-state index in [9.17, 15) is 4.79 Å². The van der Waals surface area contributed by atoms with E-state index in [1.54, 1.807) is 18.2 Å². The first kappa shape index (κ1) is 16.3. The van der Waals surface area contributed by atoms with Crippen molar-refractivity contribution in [1.29, 1.82) is 0 Å². The van der Waals surface area contributed by atoms with Gasteiger partial charge in [0.15, 0.2) is 0 Å². The van der Waals surface area contributed by atoms with E-state index in [0.29, 0.717) is 22.3 Å². The zero-order valence-corrected chi connectivity index (χ0v) is 14.4. The monoisotopic (exact) mass is 348 g/mol. The van der Waals surface area contributed by atoms with Crippen LogP contribution in [0.15, 0.2) is 42.5 Å². The van der Waals surface area contributed by atoms with Gasteiger partial charge >= 0.3 is 0 Å². The zero-order valence-electron chi connectivity index (χ0n) is 12.9. The highest BCUT2D eigenvalue weighted by Gasteiger charge is 2.26. The van der Waals surface area contributed by atoms with Gasteiger partial charge in [0.1, 0.15) is 0 Å². The molecule has 1 N–H and O–H groups in total. The Morgan fingerprint density at radius 3 is 2.83 bits per heavy atom. The highest BCUT2D eigenvalue weighted by Crippen LogP contribution is 2.34. The molecule has 0 radical (unpaired) electrons. The molecule has 0 unspecified atom stereocenters. The molecule has 2 aromatic carbocycles. The van der Waals surface area contributed by atoms with Gasteiger partial charge < -0.3 is 5.32 Å². The predicted molar refractivity (Wildman–Crippen MR) is 95.2 cm³/mol. The van der Waals surface area contributed by atoms with E-state index in [-0.39, 0.29) is 11.9 Å². The fourth-order valence-corrected chi connectivity index (χ4v) is 3.57. The van der Waals surface area contributed by atoms with Crippen molar-refractivity contribution in [2.24, 2.45) is 0 Å². The molecular formula is C18H18Cl2N2O. The molecule has 23 heavy (non-hydrogen) atoms. The summed E-state index contributed by atoms with van der Waals surface area (Å²) in [6.07, 6.45) is 2.11. The summed E-state index contributed by atoms with van der Waals surface area (Å²) in [6.45, 7) is 0.317. The number of anilines is 1. The summed E-state index contributed by atoms with van der Waals surface area (Å²) in [4.78, 5) is 14.4. The van der Waals surface area contributed by atoms with Crippen LogP contribution in [0.1, 0.15) is 23.6 Å². The number of amides is 1. The summed E-state index contributed by atoms with van der Waals surface area (Å²) < 4.78 is 0. The van der Waals surface area contributed by atoms with Crippen molar-refractivity contribution in [3.8, 4) is 0 Å². The molecule has 0 fully saturated rings. The van der Waals surface area contributed by atoms with Crippen molar-refractivity contribution < 1.29 is 4.79 Å². The molecule has 1 aliphatic carbocycles. The maximum Gasteiger partial charge on any atom is 0.238 e. The quantitative estimate of drug-likeness (QED) is 0.878. The van der Waals surface area contributed by atoms with Crippen LogP contribution in [0.2, 0.25) is 10.0 Å². The minimum Gasteiger partial charge on any atom is -0.324 e. The lowest BCUT2D eigenvalue weighted by Crippen LogP contribution is -2.32. The molecule has 1 aliphatic rings. The number of aryl methyl sites for hydroxylation is 1. The summed E-state index contributed by atoms with van der Waals surface area (Å²) in [5, 5.41) is 3.84. The molecule has 120 valence electrons. The lowest BCUT2D eigenvalue weighted by atomic mass is 10.1. The average molecular weight is 349 g/mol. The molecule has 0 saturated carbocycles. The Morgan fingerprint density at radius 2 is 2.04 bits per heavy atom. The Bertz CT molecular complexity index is 733. The first-order valence-corrected chi connectivity index (χ1v) is 8.33. The number of carbonyl (C=O) groups is 1. The average Bonchev–Trinajstić information content (AvgIpc) is 2.94. The van der Waals surface area contributed by atoms with Crippen LogP contribution in [0.4, 0.5) is 5.69 Å². The maximum absolute atomic E-state index is 12.3. The van der Waals surface area contributed by atoms with Crippen LogP contribution in [-0.4, -0.2) is 24.4 Å².